The van der Waals surface area contributed by atoms with Crippen LogP contribution in [0.4, 0.5) is 22.7 Å². The van der Waals surface area contributed by atoms with Gasteiger partial charge in [-0.25, -0.2) is 9.80 Å². The molecule has 0 radical (unpaired) electrons. The second-order valence-electron chi connectivity index (χ2n) is 24.9. The summed E-state index contributed by atoms with van der Waals surface area (Å²) in [5.41, 5.74) is 10.9. The summed E-state index contributed by atoms with van der Waals surface area (Å²) in [5, 5.41) is 12.1. The number of nitrogens with zero attached hydrogens (tertiary/aromatic N) is 3. The van der Waals surface area contributed by atoms with Crippen LogP contribution in [-0.4, -0.2) is 129 Å². The molecule has 2 fully saturated rings. The van der Waals surface area contributed by atoms with E-state index in [0.29, 0.717) is 11.4 Å². The predicted molar refractivity (Wildman–Crippen MR) is 337 cm³/mol. The molecule has 0 aromatic heterocycles. The average Bonchev–Trinajstić information content (AvgIpc) is 1.59. The summed E-state index contributed by atoms with van der Waals surface area (Å²) < 4.78 is 56.9. The van der Waals surface area contributed by atoms with Crippen LogP contribution in [-0.2, 0) is 57.1 Å². The molecule has 10 atom stereocenters. The molecule has 8 rings (SSSR count). The minimum atomic E-state index is -1.03. The number of esters is 4. The van der Waals surface area contributed by atoms with Gasteiger partial charge in [-0.15, -0.1) is 0 Å². The fourth-order valence-corrected chi connectivity index (χ4v) is 11.8. The van der Waals surface area contributed by atoms with Crippen LogP contribution >= 0.6 is 0 Å². The highest BCUT2D eigenvalue weighted by atomic mass is 16.7. The van der Waals surface area contributed by atoms with E-state index in [9.17, 15) is 48.5 Å². The van der Waals surface area contributed by atoms with E-state index in [-0.39, 0.29) is 126 Å². The van der Waals surface area contributed by atoms with Gasteiger partial charge >= 0.3 is 29.6 Å². The van der Waals surface area contributed by atoms with E-state index in [1.54, 1.807) is 0 Å². The van der Waals surface area contributed by atoms with Crippen molar-refractivity contribution in [2.24, 2.45) is 23.7 Å². The molecule has 498 valence electrons. The first-order valence-corrected chi connectivity index (χ1v) is 31.1. The molecule has 24 heteroatoms. The number of imide groups is 2. The number of para-hydroxylation sites is 2. The minimum Gasteiger partial charge on any atom is -0.489 e. The maximum absolute atomic E-state index is 13.8. The third-order valence-corrected chi connectivity index (χ3v) is 17.1. The number of nitrogens with two attached hydrogens (primary N) is 1. The Hall–Kier alpha value is -8.32. The third-order valence-electron chi connectivity index (χ3n) is 17.1. The number of fused-ring (bicyclic) bond motifs is 2. The first-order chi connectivity index (χ1) is 43.4. The SMILES string of the molecule is CC(=O)OCC1O[C@@H](OCCOc2cc3c(cc2N)C(=O)N(c2c(C(C)C)cccc2C(C)C)C3=O)C(OC(C)=O)[C@@H](C)[C@@H]1C.CC(=O)OCC1O[C@@H](OCCOc2cc3c(cc2[N+](=O)[O-])C(=O)N(c2c(C(C)C)cccc2C(C)C)C3=O)C(OC(C)=O)[C@@H](C)[C@@H]1C. The van der Waals surface area contributed by atoms with Gasteiger partial charge in [-0.3, -0.25) is 48.5 Å². The van der Waals surface area contributed by atoms with Gasteiger partial charge in [-0.05, 0) is 69.9 Å². The van der Waals surface area contributed by atoms with Gasteiger partial charge in [0.1, 0.15) is 32.2 Å². The summed E-state index contributed by atoms with van der Waals surface area (Å²) in [4.78, 5) is 115. The number of rotatable bonds is 23. The maximum atomic E-state index is 13.8. The van der Waals surface area contributed by atoms with Crippen LogP contribution in [0, 0.1) is 33.8 Å². The maximum Gasteiger partial charge on any atom is 0.311 e. The summed E-state index contributed by atoms with van der Waals surface area (Å²) in [6.45, 7) is 28.5. The van der Waals surface area contributed by atoms with Crippen LogP contribution in [0.15, 0.2) is 60.7 Å². The molecule has 4 aliphatic rings. The van der Waals surface area contributed by atoms with Crippen molar-refractivity contribution in [3.63, 3.8) is 0 Å². The molecule has 92 heavy (non-hydrogen) atoms. The Morgan fingerprint density at radius 3 is 1.18 bits per heavy atom. The molecule has 2 N–H and O–H groups in total. The van der Waals surface area contributed by atoms with E-state index in [4.69, 9.17) is 53.1 Å². The highest BCUT2D eigenvalue weighted by Crippen LogP contribution is 2.45. The molecule has 4 amide bonds. The number of nitro groups is 1. The van der Waals surface area contributed by atoms with Gasteiger partial charge in [0, 0.05) is 51.7 Å². The average molecular weight is 1280 g/mol. The zero-order chi connectivity index (χ0) is 67.9. The molecule has 24 nitrogen and oxygen atoms in total. The summed E-state index contributed by atoms with van der Waals surface area (Å²) >= 11 is 0. The number of carbonyl (C=O) groups excluding carboxylic acids is 8. The lowest BCUT2D eigenvalue weighted by atomic mass is 9.83. The van der Waals surface area contributed by atoms with Crippen molar-refractivity contribution in [1.29, 1.82) is 0 Å². The number of ether oxygens (including phenoxy) is 10. The van der Waals surface area contributed by atoms with Crippen LogP contribution in [0.1, 0.15) is 198 Å². The third kappa shape index (κ3) is 15.8. The van der Waals surface area contributed by atoms with Crippen LogP contribution < -0.4 is 25.0 Å². The lowest BCUT2D eigenvalue weighted by Gasteiger charge is -2.43. The number of amides is 4. The Kier molecular flexibility index (Phi) is 23.5. The van der Waals surface area contributed by atoms with Crippen molar-refractivity contribution in [3.8, 4) is 11.5 Å². The van der Waals surface area contributed by atoms with Crippen LogP contribution in [0.25, 0.3) is 0 Å². The first kappa shape index (κ1) is 71.1. The fraction of sp³-hybridized carbons (Fsp3) is 0.529. The number of hydrogen-bond donors (Lipinski definition) is 1. The van der Waals surface area contributed by atoms with E-state index in [1.165, 1.54) is 50.8 Å². The normalized spacial score (nSPS) is 22.7. The number of benzene rings is 4. The Labute approximate surface area is 536 Å². The molecule has 0 aliphatic carbocycles. The van der Waals surface area contributed by atoms with Gasteiger partial charge in [0.25, 0.3) is 23.6 Å². The molecule has 0 bridgehead atoms. The topological polar surface area (TPSA) is 304 Å². The number of anilines is 3. The van der Waals surface area contributed by atoms with E-state index in [0.717, 1.165) is 33.2 Å². The zero-order valence-corrected chi connectivity index (χ0v) is 55.2. The lowest BCUT2D eigenvalue weighted by Crippen LogP contribution is -2.53. The predicted octanol–water partition coefficient (Wildman–Crippen LogP) is 10.7. The van der Waals surface area contributed by atoms with Crippen molar-refractivity contribution in [3.05, 3.63) is 115 Å². The minimum absolute atomic E-state index is 0.00188. The molecular weight excluding hydrogens is 1190 g/mol. The molecule has 4 aromatic carbocycles. The van der Waals surface area contributed by atoms with E-state index < -0.39 is 95.1 Å². The molecule has 4 aromatic rings. The van der Waals surface area contributed by atoms with E-state index in [1.807, 2.05) is 119 Å². The van der Waals surface area contributed by atoms with Crippen molar-refractivity contribution >= 4 is 70.3 Å². The monoisotopic (exact) mass is 1280 g/mol. The largest absolute Gasteiger partial charge is 0.489 e. The molecular formula is C68H86N4O20. The molecule has 0 saturated carbocycles. The van der Waals surface area contributed by atoms with Crippen molar-refractivity contribution in [1.82, 2.24) is 0 Å². The number of nitro benzene ring substituents is 1. The molecule has 4 heterocycles. The highest BCUT2D eigenvalue weighted by molar-refractivity contribution is 6.36. The number of nitrogen functional groups attached to an aromatic ring is 1. The highest BCUT2D eigenvalue weighted by Gasteiger charge is 2.47. The Balaban J connectivity index is 0.000000261. The smallest absolute Gasteiger partial charge is 0.311 e. The van der Waals surface area contributed by atoms with Gasteiger partial charge in [-0.2, -0.15) is 0 Å². The van der Waals surface area contributed by atoms with Gasteiger partial charge in [-0.1, -0.05) is 119 Å². The Morgan fingerprint density at radius 2 is 0.848 bits per heavy atom. The summed E-state index contributed by atoms with van der Waals surface area (Å²) in [6.07, 6.45) is -4.41. The summed E-state index contributed by atoms with van der Waals surface area (Å²) in [7, 11) is 0. The van der Waals surface area contributed by atoms with Crippen molar-refractivity contribution < 1.29 is 90.6 Å². The molecule has 4 unspecified atom stereocenters. The van der Waals surface area contributed by atoms with Gasteiger partial charge in [0.2, 0.25) is 0 Å². The second kappa shape index (κ2) is 30.4. The standard InChI is InChI=1S/C34H42N2O11.C34H44N2O9/c1-17(2)23-10-9-11-24(18(3)4)30(23)35-32(39)25-14-27(36(41)42)28(15-26(25)33(35)40)43-12-13-44-34-31(46-22(8)38)20(6)19(5)29(47-34)16-45-21(7)37;1-17(2)23-10-9-11-24(18(3)4)30(23)36-32(39)25-14-27(35)28(15-26(25)33(36)40)41-12-13-42-34-31(44-22(8)38)20(6)19(5)29(45-34)16-43-21(7)37/h9-11,14-15,17-20,29,31,34H,12-13,16H2,1-8H3;9-11,14-15,17-20,29,31,34H,12-13,16,35H2,1-8H3/t2*19-,20-,29?,31?,34+/m00/s1. The molecule has 4 aliphatic heterocycles. The first-order valence-electron chi connectivity index (χ1n) is 31.1. The van der Waals surface area contributed by atoms with Crippen LogP contribution in [0.2, 0.25) is 0 Å². The summed E-state index contributed by atoms with van der Waals surface area (Å²) in [6, 6.07) is 16.7. The van der Waals surface area contributed by atoms with E-state index >= 15 is 0 Å². The quantitative estimate of drug-likeness (QED) is 0.0137. The van der Waals surface area contributed by atoms with Gasteiger partial charge in [0.05, 0.1) is 69.7 Å². The Morgan fingerprint density at radius 1 is 0.511 bits per heavy atom. The fourth-order valence-electron chi connectivity index (χ4n) is 11.8. The summed E-state index contributed by atoms with van der Waals surface area (Å²) in [5.74, 6) is -4.40. The van der Waals surface area contributed by atoms with Crippen LogP contribution in [0.3, 0.4) is 0 Å². The van der Waals surface area contributed by atoms with Crippen molar-refractivity contribution in [2.75, 3.05) is 55.2 Å². The molecule has 0 spiro atoms. The number of carbonyl (C=O) groups is 8. The Bertz CT molecular complexity index is 3400. The lowest BCUT2D eigenvalue weighted by molar-refractivity contribution is -0.386. The number of hydrogen-bond acceptors (Lipinski definition) is 21. The van der Waals surface area contributed by atoms with Gasteiger partial charge < -0.3 is 53.1 Å². The van der Waals surface area contributed by atoms with Gasteiger partial charge in [0.15, 0.2) is 30.5 Å². The van der Waals surface area contributed by atoms with Crippen LogP contribution in [0.5, 0.6) is 11.5 Å². The van der Waals surface area contributed by atoms with Crippen molar-refractivity contribution in [2.45, 2.75) is 171 Å². The zero-order valence-electron chi connectivity index (χ0n) is 55.2. The molecule has 2 saturated heterocycles. The second-order valence-corrected chi connectivity index (χ2v) is 24.9. The van der Waals surface area contributed by atoms with E-state index in [2.05, 4.69) is 0 Å².